The molecule has 0 amide bonds. The van der Waals surface area contributed by atoms with Crippen LogP contribution < -0.4 is 23.7 Å². The molecule has 302 valence electrons. The van der Waals surface area contributed by atoms with Crippen molar-refractivity contribution in [2.75, 3.05) is 0 Å². The van der Waals surface area contributed by atoms with Gasteiger partial charge in [0.15, 0.2) is 28.8 Å². The minimum Gasteiger partial charge on any atom is -0.490 e. The van der Waals surface area contributed by atoms with Crippen LogP contribution in [0.15, 0.2) is 24.3 Å². The zero-order valence-corrected chi connectivity index (χ0v) is 35.9. The molecule has 0 saturated carbocycles. The molecule has 5 unspecified atom stereocenters. The van der Waals surface area contributed by atoms with E-state index in [2.05, 4.69) is 94.4 Å². The van der Waals surface area contributed by atoms with Crippen molar-refractivity contribution in [3.63, 3.8) is 0 Å². The molecule has 0 aromatic heterocycles. The Morgan fingerprint density at radius 1 is 0.509 bits per heavy atom. The van der Waals surface area contributed by atoms with Crippen molar-refractivity contribution in [3.05, 3.63) is 41.0 Å². The van der Waals surface area contributed by atoms with Gasteiger partial charge in [-0.3, -0.25) is 4.79 Å². The van der Waals surface area contributed by atoms with Crippen molar-refractivity contribution >= 4 is 5.78 Å². The van der Waals surface area contributed by atoms with E-state index in [1.807, 2.05) is 6.07 Å². The fourth-order valence-electron chi connectivity index (χ4n) is 6.60. The predicted octanol–water partition coefficient (Wildman–Crippen LogP) is 13.9. The number of carbonyl (C=O) groups excluding carboxylic acids is 1. The third-order valence-electron chi connectivity index (χ3n) is 10.0. The highest BCUT2D eigenvalue weighted by Crippen LogP contribution is 2.48. The highest BCUT2D eigenvalue weighted by molar-refractivity contribution is 6.03. The fourth-order valence-corrected chi connectivity index (χ4v) is 6.60. The summed E-state index contributed by atoms with van der Waals surface area (Å²) < 4.78 is 33.6. The molecule has 0 N–H and O–H groups in total. The van der Waals surface area contributed by atoms with Crippen molar-refractivity contribution in [2.45, 2.75) is 222 Å². The van der Waals surface area contributed by atoms with Gasteiger partial charge in [0.2, 0.25) is 0 Å². The van der Waals surface area contributed by atoms with E-state index in [1.54, 1.807) is 0 Å². The van der Waals surface area contributed by atoms with Gasteiger partial charge < -0.3 is 23.7 Å². The normalized spacial score (nSPS) is 14.2. The smallest absolute Gasteiger partial charge is 0.176 e. The van der Waals surface area contributed by atoms with E-state index in [0.29, 0.717) is 35.0 Å². The van der Waals surface area contributed by atoms with E-state index >= 15 is 0 Å². The average molecular weight is 739 g/mol. The summed E-state index contributed by atoms with van der Waals surface area (Å²) in [5, 5.41) is 0. The van der Waals surface area contributed by atoms with Crippen LogP contribution >= 0.6 is 0 Å². The Morgan fingerprint density at radius 2 is 0.887 bits per heavy atom. The summed E-state index contributed by atoms with van der Waals surface area (Å²) in [6, 6.07) is 8.39. The number of hydrogen-bond donors (Lipinski definition) is 0. The predicted molar refractivity (Wildman–Crippen MR) is 223 cm³/mol. The first-order valence-corrected chi connectivity index (χ1v) is 21.7. The SMILES string of the molecule is CCCCC(C)Oc1ccc(CC)cc1CCC(=O)c1c(OC(C)CCCC)c(OC(C)CCCC)cc(OC(C)CCCC)c1OC(C)CCCC. The molecule has 0 aliphatic carbocycles. The van der Waals surface area contributed by atoms with Crippen LogP contribution in [0.3, 0.4) is 0 Å². The summed E-state index contributed by atoms with van der Waals surface area (Å²) in [5.74, 6) is 2.93. The van der Waals surface area contributed by atoms with Crippen LogP contribution in [0.25, 0.3) is 0 Å². The zero-order chi connectivity index (χ0) is 39.2. The van der Waals surface area contributed by atoms with E-state index in [-0.39, 0.29) is 42.7 Å². The first kappa shape index (κ1) is 46.3. The van der Waals surface area contributed by atoms with Gasteiger partial charge >= 0.3 is 0 Å². The minimum atomic E-state index is -0.110. The van der Waals surface area contributed by atoms with Crippen LogP contribution in [0.4, 0.5) is 0 Å². The number of carbonyl (C=O) groups is 1. The first-order valence-electron chi connectivity index (χ1n) is 21.7. The number of ether oxygens (including phenoxy) is 5. The van der Waals surface area contributed by atoms with Crippen LogP contribution in [0, 0.1) is 0 Å². The third-order valence-corrected chi connectivity index (χ3v) is 10.0. The van der Waals surface area contributed by atoms with Crippen molar-refractivity contribution in [3.8, 4) is 28.7 Å². The van der Waals surface area contributed by atoms with Gasteiger partial charge in [-0.1, -0.05) is 118 Å². The third kappa shape index (κ3) is 16.6. The number of ketones is 1. The van der Waals surface area contributed by atoms with Gasteiger partial charge in [0, 0.05) is 12.5 Å². The number of unbranched alkanes of at least 4 members (excludes halogenated alkanes) is 5. The van der Waals surface area contributed by atoms with Crippen molar-refractivity contribution in [1.29, 1.82) is 0 Å². The monoisotopic (exact) mass is 739 g/mol. The molecule has 0 saturated heterocycles. The van der Waals surface area contributed by atoms with Gasteiger partial charge in [0.1, 0.15) is 11.3 Å². The largest absolute Gasteiger partial charge is 0.490 e. The maximum Gasteiger partial charge on any atom is 0.176 e. The lowest BCUT2D eigenvalue weighted by atomic mass is 9.97. The number of aryl methyl sites for hydroxylation is 2. The second kappa shape index (κ2) is 26.0. The number of benzene rings is 2. The van der Waals surface area contributed by atoms with Crippen molar-refractivity contribution < 1.29 is 28.5 Å². The van der Waals surface area contributed by atoms with Crippen LogP contribution in [0.5, 0.6) is 28.7 Å². The number of rotatable bonds is 30. The molecule has 2 rings (SSSR count). The molecule has 0 radical (unpaired) electrons. The Bertz CT molecular complexity index is 1250. The quantitative estimate of drug-likeness (QED) is 0.0744. The molecule has 6 nitrogen and oxygen atoms in total. The fraction of sp³-hybridized carbons (Fsp3) is 0.723. The lowest BCUT2D eigenvalue weighted by Gasteiger charge is -2.28. The van der Waals surface area contributed by atoms with Crippen LogP contribution in [0.2, 0.25) is 0 Å². The Kier molecular flexibility index (Phi) is 22.7. The second-order valence-electron chi connectivity index (χ2n) is 15.5. The molecule has 0 heterocycles. The Morgan fingerprint density at radius 3 is 1.26 bits per heavy atom. The molecule has 6 heteroatoms. The molecule has 0 bridgehead atoms. The molecule has 0 aliphatic rings. The zero-order valence-electron chi connectivity index (χ0n) is 35.9. The number of hydrogen-bond acceptors (Lipinski definition) is 6. The summed E-state index contributed by atoms with van der Waals surface area (Å²) in [6.07, 6.45) is 16.8. The summed E-state index contributed by atoms with van der Waals surface area (Å²) >= 11 is 0. The van der Waals surface area contributed by atoms with Crippen molar-refractivity contribution in [2.24, 2.45) is 0 Å². The Hall–Kier alpha value is -2.89. The molecule has 0 fully saturated rings. The molecule has 5 atom stereocenters. The lowest BCUT2D eigenvalue weighted by Crippen LogP contribution is -2.22. The van der Waals surface area contributed by atoms with Gasteiger partial charge in [-0.15, -0.1) is 0 Å². The summed E-state index contributed by atoms with van der Waals surface area (Å²) in [7, 11) is 0. The van der Waals surface area contributed by atoms with Gasteiger partial charge in [-0.25, -0.2) is 0 Å². The Balaban J connectivity index is 2.79. The van der Waals surface area contributed by atoms with Crippen molar-refractivity contribution in [1.82, 2.24) is 0 Å². The highest BCUT2D eigenvalue weighted by atomic mass is 16.5. The van der Waals surface area contributed by atoms with Gasteiger partial charge in [-0.05, 0) is 96.8 Å². The molecular weight excluding hydrogens is 661 g/mol. The lowest BCUT2D eigenvalue weighted by molar-refractivity contribution is 0.0956. The molecule has 0 spiro atoms. The summed E-state index contributed by atoms with van der Waals surface area (Å²) in [4.78, 5) is 15.0. The summed E-state index contributed by atoms with van der Waals surface area (Å²) in [5.41, 5.74) is 2.74. The van der Waals surface area contributed by atoms with E-state index in [9.17, 15) is 4.79 Å². The van der Waals surface area contributed by atoms with Crippen LogP contribution in [-0.4, -0.2) is 36.3 Å². The number of Topliss-reactive ketones (excluding diaryl/α,β-unsaturated/α-hetero) is 1. The highest BCUT2D eigenvalue weighted by Gasteiger charge is 2.31. The second-order valence-corrected chi connectivity index (χ2v) is 15.5. The molecule has 0 aliphatic heterocycles. The van der Waals surface area contributed by atoms with Gasteiger partial charge in [0.05, 0.1) is 30.5 Å². The molecule has 2 aromatic rings. The maximum atomic E-state index is 15.0. The summed E-state index contributed by atoms with van der Waals surface area (Å²) in [6.45, 7) is 23.7. The molecule has 2 aromatic carbocycles. The van der Waals surface area contributed by atoms with E-state index in [4.69, 9.17) is 23.7 Å². The topological polar surface area (TPSA) is 63.2 Å². The standard InChI is InChI=1S/C47H78O6/c1-12-18-23-34(7)49-42-31-28-39(17-6)32-40(42)29-30-41(48)45-46(52-37(10)26-21-15-4)43(50-35(8)24-19-13-2)33-44(51-36(9)25-20-14-3)47(45)53-38(11)27-22-16-5/h28,31-38H,12-27,29-30H2,1-11H3. The van der Waals surface area contributed by atoms with E-state index in [1.165, 1.54) is 5.56 Å². The van der Waals surface area contributed by atoms with E-state index < -0.39 is 0 Å². The first-order chi connectivity index (χ1) is 25.5. The van der Waals surface area contributed by atoms with Gasteiger partial charge in [-0.2, -0.15) is 0 Å². The molecule has 53 heavy (non-hydrogen) atoms. The molecular formula is C47H78O6. The van der Waals surface area contributed by atoms with Gasteiger partial charge in [0.25, 0.3) is 0 Å². The maximum absolute atomic E-state index is 15.0. The van der Waals surface area contributed by atoms with E-state index in [0.717, 1.165) is 114 Å². The van der Waals surface area contributed by atoms with Crippen LogP contribution in [0.1, 0.15) is 200 Å². The minimum absolute atomic E-state index is 0.0370. The Labute approximate surface area is 325 Å². The average Bonchev–Trinajstić information content (AvgIpc) is 3.14. The van der Waals surface area contributed by atoms with Crippen LogP contribution in [-0.2, 0) is 12.8 Å².